The molecule has 134 valence electrons. The van der Waals surface area contributed by atoms with Crippen LogP contribution in [0.5, 0.6) is 0 Å². The van der Waals surface area contributed by atoms with Crippen molar-refractivity contribution < 1.29 is 18.5 Å². The summed E-state index contributed by atoms with van der Waals surface area (Å²) in [5.74, 6) is -1.13. The topological polar surface area (TPSA) is 88.3 Å². The number of aryl methyl sites for hydroxylation is 2. The number of nitrogens with one attached hydrogen (secondary N) is 1. The first kappa shape index (κ1) is 17.5. The number of anilines is 1. The highest BCUT2D eigenvalue weighted by Crippen LogP contribution is 2.23. The number of amides is 2. The molecule has 3 rings (SSSR count). The lowest BCUT2D eigenvalue weighted by atomic mass is 10.1. The highest BCUT2D eigenvalue weighted by atomic mass is 19.1. The van der Waals surface area contributed by atoms with Crippen LogP contribution in [-0.4, -0.2) is 40.4 Å². The molecule has 26 heavy (non-hydrogen) atoms. The minimum atomic E-state index is -0.392. The number of halogens is 1. The van der Waals surface area contributed by atoms with Gasteiger partial charge in [-0.25, -0.2) is 9.37 Å². The van der Waals surface area contributed by atoms with Gasteiger partial charge in [0.05, 0.1) is 23.2 Å². The molecule has 8 heteroatoms. The molecule has 0 aliphatic heterocycles. The van der Waals surface area contributed by atoms with Crippen LogP contribution in [0.25, 0.3) is 11.1 Å². The first-order chi connectivity index (χ1) is 12.3. The average molecular weight is 356 g/mol. The second kappa shape index (κ2) is 6.91. The number of nitrogens with zero attached hydrogens (tertiary/aromatic N) is 3. The molecular formula is C18H17FN4O3. The fraction of sp³-hybridized carbons (Fsp3) is 0.222. The zero-order chi connectivity index (χ0) is 18.8. The number of pyridine rings is 1. The summed E-state index contributed by atoms with van der Waals surface area (Å²) in [5.41, 5.74) is 2.29. The van der Waals surface area contributed by atoms with Gasteiger partial charge in [0.15, 0.2) is 0 Å². The molecule has 3 aromatic rings. The zero-order valence-electron chi connectivity index (χ0n) is 14.5. The number of hydrogen-bond acceptors (Lipinski definition) is 5. The van der Waals surface area contributed by atoms with Crippen LogP contribution in [-0.2, 0) is 4.79 Å². The highest BCUT2D eigenvalue weighted by Gasteiger charge is 2.22. The van der Waals surface area contributed by atoms with E-state index in [9.17, 15) is 14.0 Å². The Morgan fingerprint density at radius 1 is 1.23 bits per heavy atom. The van der Waals surface area contributed by atoms with Crippen LogP contribution in [0.3, 0.4) is 0 Å². The van der Waals surface area contributed by atoms with E-state index in [0.29, 0.717) is 28.0 Å². The summed E-state index contributed by atoms with van der Waals surface area (Å²) >= 11 is 0. The Morgan fingerprint density at radius 2 is 1.92 bits per heavy atom. The molecular weight excluding hydrogens is 339 g/mol. The summed E-state index contributed by atoms with van der Waals surface area (Å²) in [4.78, 5) is 30.4. The zero-order valence-corrected chi connectivity index (χ0v) is 14.5. The van der Waals surface area contributed by atoms with Gasteiger partial charge in [-0.05, 0) is 44.2 Å². The van der Waals surface area contributed by atoms with Gasteiger partial charge in [0.25, 0.3) is 11.6 Å². The molecule has 0 unspecified atom stereocenters. The summed E-state index contributed by atoms with van der Waals surface area (Å²) in [5, 5.41) is 7.00. The molecule has 0 spiro atoms. The number of carbonyl (C=O) groups is 2. The van der Waals surface area contributed by atoms with Gasteiger partial charge in [0.1, 0.15) is 5.82 Å². The van der Waals surface area contributed by atoms with Gasteiger partial charge < -0.3 is 14.7 Å². The molecule has 0 aliphatic rings. The monoisotopic (exact) mass is 356 g/mol. The first-order valence-electron chi connectivity index (χ1n) is 7.89. The van der Waals surface area contributed by atoms with Gasteiger partial charge in [-0.1, -0.05) is 5.16 Å². The van der Waals surface area contributed by atoms with E-state index in [4.69, 9.17) is 4.52 Å². The number of benzene rings is 1. The second-order valence-corrected chi connectivity index (χ2v) is 5.98. The Balaban J connectivity index is 1.76. The van der Waals surface area contributed by atoms with Crippen molar-refractivity contribution >= 4 is 28.6 Å². The third-order valence-electron chi connectivity index (χ3n) is 3.83. The summed E-state index contributed by atoms with van der Waals surface area (Å²) in [6.07, 6.45) is 0. The van der Waals surface area contributed by atoms with E-state index < -0.39 is 11.7 Å². The predicted molar refractivity (Wildman–Crippen MR) is 93.3 cm³/mol. The van der Waals surface area contributed by atoms with E-state index in [2.05, 4.69) is 15.5 Å². The quantitative estimate of drug-likeness (QED) is 0.776. The lowest BCUT2D eigenvalue weighted by Gasteiger charge is -2.17. The van der Waals surface area contributed by atoms with Crippen molar-refractivity contribution in [3.63, 3.8) is 0 Å². The molecule has 0 atom stereocenters. The molecule has 2 heterocycles. The maximum absolute atomic E-state index is 12.9. The van der Waals surface area contributed by atoms with Crippen molar-refractivity contribution in [2.24, 2.45) is 0 Å². The number of likely N-dealkylation sites (N-methyl/N-ethyl adjacent to an activating group) is 1. The van der Waals surface area contributed by atoms with Gasteiger partial charge >= 0.3 is 0 Å². The van der Waals surface area contributed by atoms with Crippen LogP contribution in [0.4, 0.5) is 10.1 Å². The molecule has 0 saturated heterocycles. The minimum Gasteiger partial charge on any atom is -0.336 e. The molecule has 0 saturated carbocycles. The van der Waals surface area contributed by atoms with E-state index >= 15 is 0 Å². The average Bonchev–Trinajstić information content (AvgIpc) is 2.96. The first-order valence-corrected chi connectivity index (χ1v) is 7.89. The fourth-order valence-electron chi connectivity index (χ4n) is 2.61. The molecule has 0 radical (unpaired) electrons. The standard InChI is InChI=1S/C18H17FN4O3/c1-10-8-14(16-11(2)22-26-17(16)20-10)18(25)23(3)9-15(24)21-13-6-4-12(19)5-7-13/h4-8H,9H2,1-3H3,(H,21,24). The summed E-state index contributed by atoms with van der Waals surface area (Å²) in [6.45, 7) is 3.31. The van der Waals surface area contributed by atoms with Gasteiger partial charge in [0.2, 0.25) is 5.91 Å². The van der Waals surface area contributed by atoms with Gasteiger partial charge in [-0.2, -0.15) is 0 Å². The molecule has 0 bridgehead atoms. The third kappa shape index (κ3) is 3.53. The van der Waals surface area contributed by atoms with Crippen LogP contribution in [0.2, 0.25) is 0 Å². The minimum absolute atomic E-state index is 0.163. The molecule has 1 N–H and O–H groups in total. The van der Waals surface area contributed by atoms with Gasteiger partial charge in [-0.15, -0.1) is 0 Å². The Labute approximate surface area is 148 Å². The maximum Gasteiger partial charge on any atom is 0.258 e. The van der Waals surface area contributed by atoms with Crippen LogP contribution in [0.15, 0.2) is 34.9 Å². The van der Waals surface area contributed by atoms with Crippen LogP contribution in [0, 0.1) is 19.7 Å². The molecule has 0 aliphatic carbocycles. The predicted octanol–water partition coefficient (Wildman–Crippen LogP) is 2.69. The van der Waals surface area contributed by atoms with Crippen LogP contribution >= 0.6 is 0 Å². The van der Waals surface area contributed by atoms with Crippen LogP contribution in [0.1, 0.15) is 21.7 Å². The van der Waals surface area contributed by atoms with Gasteiger partial charge in [-0.3, -0.25) is 9.59 Å². The SMILES string of the molecule is Cc1cc(C(=O)N(C)CC(=O)Nc2ccc(F)cc2)c2c(C)noc2n1. The molecule has 7 nitrogen and oxygen atoms in total. The summed E-state index contributed by atoms with van der Waals surface area (Å²) in [6, 6.07) is 7.03. The number of fused-ring (bicyclic) bond motifs is 1. The summed E-state index contributed by atoms with van der Waals surface area (Å²) in [7, 11) is 1.52. The fourth-order valence-corrected chi connectivity index (χ4v) is 2.61. The normalized spacial score (nSPS) is 10.8. The van der Waals surface area contributed by atoms with Crippen molar-refractivity contribution in [2.75, 3.05) is 18.9 Å². The molecule has 0 fully saturated rings. The third-order valence-corrected chi connectivity index (χ3v) is 3.83. The summed E-state index contributed by atoms with van der Waals surface area (Å²) < 4.78 is 18.0. The Bertz CT molecular complexity index is 982. The van der Waals surface area contributed by atoms with Crippen molar-refractivity contribution in [1.29, 1.82) is 0 Å². The Kier molecular flexibility index (Phi) is 4.66. The lowest BCUT2D eigenvalue weighted by molar-refractivity contribution is -0.116. The van der Waals surface area contributed by atoms with Crippen LogP contribution < -0.4 is 5.32 Å². The van der Waals surface area contributed by atoms with E-state index in [0.717, 1.165) is 0 Å². The van der Waals surface area contributed by atoms with E-state index in [-0.39, 0.29) is 18.2 Å². The number of hydrogen-bond donors (Lipinski definition) is 1. The smallest absolute Gasteiger partial charge is 0.258 e. The second-order valence-electron chi connectivity index (χ2n) is 5.98. The van der Waals surface area contributed by atoms with Crippen molar-refractivity contribution in [2.45, 2.75) is 13.8 Å². The Hall–Kier alpha value is -3.29. The molecule has 2 amide bonds. The van der Waals surface area contributed by atoms with Gasteiger partial charge in [0, 0.05) is 18.4 Å². The number of carbonyl (C=O) groups excluding carboxylic acids is 2. The molecule has 1 aromatic carbocycles. The number of aromatic nitrogens is 2. The largest absolute Gasteiger partial charge is 0.336 e. The lowest BCUT2D eigenvalue weighted by Crippen LogP contribution is -2.35. The van der Waals surface area contributed by atoms with Crippen molar-refractivity contribution in [3.8, 4) is 0 Å². The highest BCUT2D eigenvalue weighted by molar-refractivity contribution is 6.07. The van der Waals surface area contributed by atoms with E-state index in [1.807, 2.05) is 0 Å². The number of rotatable bonds is 4. The maximum atomic E-state index is 12.9. The van der Waals surface area contributed by atoms with Crippen molar-refractivity contribution in [1.82, 2.24) is 15.0 Å². The van der Waals surface area contributed by atoms with E-state index in [1.54, 1.807) is 19.9 Å². The van der Waals surface area contributed by atoms with Crippen molar-refractivity contribution in [3.05, 3.63) is 53.1 Å². The Morgan fingerprint density at radius 3 is 2.62 bits per heavy atom. The van der Waals surface area contributed by atoms with E-state index in [1.165, 1.54) is 36.2 Å². The molecule has 2 aromatic heterocycles.